The third-order valence-corrected chi connectivity index (χ3v) is 5.18. The van der Waals surface area contributed by atoms with E-state index in [-0.39, 0.29) is 18.3 Å². The number of nitrogens with zero attached hydrogens (tertiary/aromatic N) is 1. The number of hydrogen-bond donors (Lipinski definition) is 1. The van der Waals surface area contributed by atoms with Crippen LogP contribution in [0.3, 0.4) is 0 Å². The lowest BCUT2D eigenvalue weighted by atomic mass is 10.2. The van der Waals surface area contributed by atoms with E-state index in [1.807, 2.05) is 32.0 Å². The Balaban J connectivity index is 1.70. The number of thioether (sulfide) groups is 1. The first kappa shape index (κ1) is 18.2. The van der Waals surface area contributed by atoms with E-state index < -0.39 is 0 Å². The van der Waals surface area contributed by atoms with Gasteiger partial charge in [0.2, 0.25) is 0 Å². The van der Waals surface area contributed by atoms with Crippen LogP contribution in [0.5, 0.6) is 0 Å². The molecule has 0 atom stereocenters. The third kappa shape index (κ3) is 4.14. The highest BCUT2D eigenvalue weighted by Gasteiger charge is 2.14. The zero-order chi connectivity index (χ0) is 18.5. The van der Waals surface area contributed by atoms with Gasteiger partial charge < -0.3 is 9.84 Å². The molecule has 3 aromatic rings. The molecule has 26 heavy (non-hydrogen) atoms. The smallest absolute Gasteiger partial charge is 0.252 e. The molecule has 134 valence electrons. The van der Waals surface area contributed by atoms with E-state index >= 15 is 0 Å². The van der Waals surface area contributed by atoms with Gasteiger partial charge in [-0.3, -0.25) is 4.79 Å². The minimum Gasteiger partial charge on any atom is -0.361 e. The number of halogens is 1. The number of hydrogen-bond acceptors (Lipinski definition) is 4. The fourth-order valence-electron chi connectivity index (χ4n) is 2.55. The monoisotopic (exact) mass is 370 g/mol. The molecule has 0 saturated heterocycles. The SMILES string of the molecule is Cc1noc(C)c1CSc1ccccc1C(=O)NCc1ccccc1F. The number of benzene rings is 2. The van der Waals surface area contributed by atoms with E-state index in [0.29, 0.717) is 16.9 Å². The number of aromatic nitrogens is 1. The van der Waals surface area contributed by atoms with Crippen LogP contribution in [0.15, 0.2) is 57.9 Å². The molecule has 0 aliphatic carbocycles. The van der Waals surface area contributed by atoms with Gasteiger partial charge in [0, 0.05) is 28.3 Å². The Labute approximate surface area is 155 Å². The molecule has 0 saturated carbocycles. The number of amides is 1. The van der Waals surface area contributed by atoms with E-state index in [1.165, 1.54) is 6.07 Å². The number of carbonyl (C=O) groups excluding carboxylic acids is 1. The third-order valence-electron chi connectivity index (χ3n) is 4.08. The van der Waals surface area contributed by atoms with E-state index in [4.69, 9.17) is 4.52 Å². The molecule has 1 heterocycles. The Kier molecular flexibility index (Phi) is 5.73. The summed E-state index contributed by atoms with van der Waals surface area (Å²) in [4.78, 5) is 13.4. The van der Waals surface area contributed by atoms with Gasteiger partial charge in [-0.05, 0) is 32.0 Å². The molecule has 1 aromatic heterocycles. The lowest BCUT2D eigenvalue weighted by Gasteiger charge is -2.10. The molecule has 0 aliphatic rings. The zero-order valence-corrected chi connectivity index (χ0v) is 15.4. The quantitative estimate of drug-likeness (QED) is 0.642. The summed E-state index contributed by atoms with van der Waals surface area (Å²) in [6.45, 7) is 3.93. The maximum Gasteiger partial charge on any atom is 0.252 e. The molecule has 1 amide bonds. The summed E-state index contributed by atoms with van der Waals surface area (Å²) in [6.07, 6.45) is 0. The summed E-state index contributed by atoms with van der Waals surface area (Å²) in [5.74, 6) is 0.902. The van der Waals surface area contributed by atoms with Crippen LogP contribution in [0.25, 0.3) is 0 Å². The average Bonchev–Trinajstić information content (AvgIpc) is 2.97. The van der Waals surface area contributed by atoms with Gasteiger partial charge in [0.05, 0.1) is 11.3 Å². The molecule has 2 aromatic carbocycles. The van der Waals surface area contributed by atoms with Crippen molar-refractivity contribution in [2.24, 2.45) is 0 Å². The summed E-state index contributed by atoms with van der Waals surface area (Å²) in [7, 11) is 0. The molecule has 3 rings (SSSR count). The molecule has 0 bridgehead atoms. The molecular weight excluding hydrogens is 351 g/mol. The van der Waals surface area contributed by atoms with E-state index in [1.54, 1.807) is 36.0 Å². The number of nitrogens with one attached hydrogen (secondary N) is 1. The fraction of sp³-hybridized carbons (Fsp3) is 0.200. The number of aryl methyl sites for hydroxylation is 2. The van der Waals surface area contributed by atoms with Gasteiger partial charge in [0.1, 0.15) is 11.6 Å². The highest BCUT2D eigenvalue weighted by atomic mass is 32.2. The second-order valence-corrected chi connectivity index (χ2v) is 6.88. The van der Waals surface area contributed by atoms with Crippen molar-refractivity contribution < 1.29 is 13.7 Å². The van der Waals surface area contributed by atoms with Crippen LogP contribution in [0, 0.1) is 19.7 Å². The van der Waals surface area contributed by atoms with Crippen molar-refractivity contribution in [3.8, 4) is 0 Å². The van der Waals surface area contributed by atoms with E-state index in [2.05, 4.69) is 10.5 Å². The van der Waals surface area contributed by atoms with Crippen molar-refractivity contribution in [2.45, 2.75) is 31.0 Å². The fourth-order valence-corrected chi connectivity index (χ4v) is 3.75. The average molecular weight is 370 g/mol. The molecule has 1 N–H and O–H groups in total. The van der Waals surface area contributed by atoms with Crippen LogP contribution < -0.4 is 5.32 Å². The Bertz CT molecular complexity index is 904. The molecule has 6 heteroatoms. The highest BCUT2D eigenvalue weighted by Crippen LogP contribution is 2.28. The summed E-state index contributed by atoms with van der Waals surface area (Å²) < 4.78 is 18.9. The second-order valence-electron chi connectivity index (χ2n) is 5.86. The van der Waals surface area contributed by atoms with Crippen molar-refractivity contribution in [3.05, 3.63) is 82.5 Å². The number of carbonyl (C=O) groups is 1. The summed E-state index contributed by atoms with van der Waals surface area (Å²) in [5, 5.41) is 6.74. The van der Waals surface area contributed by atoms with Crippen LogP contribution in [0.4, 0.5) is 4.39 Å². The van der Waals surface area contributed by atoms with Crippen molar-refractivity contribution in [3.63, 3.8) is 0 Å². The predicted molar refractivity (Wildman–Crippen MR) is 99.6 cm³/mol. The summed E-state index contributed by atoms with van der Waals surface area (Å²) in [6, 6.07) is 13.8. The first-order chi connectivity index (χ1) is 12.6. The van der Waals surface area contributed by atoms with Gasteiger partial charge in [-0.15, -0.1) is 11.8 Å². The van der Waals surface area contributed by atoms with Gasteiger partial charge >= 0.3 is 0 Å². The lowest BCUT2D eigenvalue weighted by molar-refractivity contribution is 0.0947. The van der Waals surface area contributed by atoms with Crippen LogP contribution in [-0.2, 0) is 12.3 Å². The molecule has 0 fully saturated rings. The first-order valence-corrected chi connectivity index (χ1v) is 9.20. The van der Waals surface area contributed by atoms with Gasteiger partial charge in [-0.1, -0.05) is 35.5 Å². The minimum atomic E-state index is -0.325. The Morgan fingerprint density at radius 1 is 1.15 bits per heavy atom. The lowest BCUT2D eigenvalue weighted by Crippen LogP contribution is -2.23. The van der Waals surface area contributed by atoms with Crippen molar-refractivity contribution in [1.29, 1.82) is 0 Å². The van der Waals surface area contributed by atoms with Crippen LogP contribution >= 0.6 is 11.8 Å². The molecule has 0 unspecified atom stereocenters. The Morgan fingerprint density at radius 2 is 1.88 bits per heavy atom. The minimum absolute atomic E-state index is 0.147. The van der Waals surface area contributed by atoms with Crippen LogP contribution in [0.2, 0.25) is 0 Å². The van der Waals surface area contributed by atoms with Gasteiger partial charge in [-0.25, -0.2) is 4.39 Å². The van der Waals surface area contributed by atoms with Crippen molar-refractivity contribution >= 4 is 17.7 Å². The normalized spacial score (nSPS) is 10.7. The maximum absolute atomic E-state index is 13.7. The van der Waals surface area contributed by atoms with E-state index in [0.717, 1.165) is 21.9 Å². The van der Waals surface area contributed by atoms with Gasteiger partial charge in [-0.2, -0.15) is 0 Å². The standard InChI is InChI=1S/C20H19FN2O2S/c1-13-17(14(2)25-23-13)12-26-19-10-6-4-8-16(19)20(24)22-11-15-7-3-5-9-18(15)21/h3-10H,11-12H2,1-2H3,(H,22,24). The molecule has 0 aliphatic heterocycles. The maximum atomic E-state index is 13.7. The number of rotatable bonds is 6. The Morgan fingerprint density at radius 3 is 2.62 bits per heavy atom. The molecule has 4 nitrogen and oxygen atoms in total. The first-order valence-electron chi connectivity index (χ1n) is 8.21. The Hall–Kier alpha value is -2.60. The van der Waals surface area contributed by atoms with Gasteiger partial charge in [0.15, 0.2) is 0 Å². The second kappa shape index (κ2) is 8.19. The van der Waals surface area contributed by atoms with Crippen LogP contribution in [-0.4, -0.2) is 11.1 Å². The van der Waals surface area contributed by atoms with Gasteiger partial charge in [0.25, 0.3) is 5.91 Å². The highest BCUT2D eigenvalue weighted by molar-refractivity contribution is 7.98. The van der Waals surface area contributed by atoms with Crippen molar-refractivity contribution in [1.82, 2.24) is 10.5 Å². The molecular formula is C20H19FN2O2S. The zero-order valence-electron chi connectivity index (χ0n) is 14.6. The topological polar surface area (TPSA) is 55.1 Å². The largest absolute Gasteiger partial charge is 0.361 e. The van der Waals surface area contributed by atoms with E-state index in [9.17, 15) is 9.18 Å². The van der Waals surface area contributed by atoms with Crippen molar-refractivity contribution in [2.75, 3.05) is 0 Å². The summed E-state index contributed by atoms with van der Waals surface area (Å²) in [5.41, 5.74) is 2.93. The predicted octanol–water partition coefficient (Wildman–Crippen LogP) is 4.65. The summed E-state index contributed by atoms with van der Waals surface area (Å²) >= 11 is 1.55. The molecule has 0 spiro atoms. The van der Waals surface area contributed by atoms with Crippen LogP contribution in [0.1, 0.15) is 32.9 Å². The molecule has 0 radical (unpaired) electrons.